The Labute approximate surface area is 124 Å². The van der Waals surface area contributed by atoms with Crippen molar-refractivity contribution in [2.24, 2.45) is 0 Å². The lowest BCUT2D eigenvalue weighted by Gasteiger charge is -2.08. The van der Waals surface area contributed by atoms with E-state index in [2.05, 4.69) is 10.0 Å². The zero-order valence-corrected chi connectivity index (χ0v) is 13.4. The molecule has 0 radical (unpaired) electrons. The van der Waals surface area contributed by atoms with Crippen molar-refractivity contribution in [1.82, 2.24) is 10.0 Å². The van der Waals surface area contributed by atoms with Gasteiger partial charge in [0.2, 0.25) is 10.0 Å². The lowest BCUT2D eigenvalue weighted by atomic mass is 10.4. The van der Waals surface area contributed by atoms with Crippen LogP contribution in [0.1, 0.15) is 31.1 Å². The molecule has 1 saturated carbocycles. The molecule has 0 bridgehead atoms. The van der Waals surface area contributed by atoms with Gasteiger partial charge in [0.05, 0.1) is 4.90 Å². The standard InChI is InChI=1S/C13H22N2O3S2/c1-2-18-8-3-7-15-20(16,17)13-6-9-19-12(13)10-14-11-4-5-11/h6,9,11,14-15H,2-5,7-8,10H2,1H3. The number of sulfonamides is 1. The Morgan fingerprint density at radius 3 is 2.95 bits per heavy atom. The number of rotatable bonds is 10. The highest BCUT2D eigenvalue weighted by Gasteiger charge is 2.23. The average molecular weight is 318 g/mol. The molecule has 1 fully saturated rings. The van der Waals surface area contributed by atoms with Crippen molar-refractivity contribution in [2.75, 3.05) is 19.8 Å². The van der Waals surface area contributed by atoms with Gasteiger partial charge in [0.1, 0.15) is 0 Å². The summed E-state index contributed by atoms with van der Waals surface area (Å²) in [6.07, 6.45) is 3.08. The largest absolute Gasteiger partial charge is 0.382 e. The summed E-state index contributed by atoms with van der Waals surface area (Å²) in [6.45, 7) is 4.22. The number of thiophene rings is 1. The fraction of sp³-hybridized carbons (Fsp3) is 0.692. The molecule has 5 nitrogen and oxygen atoms in total. The van der Waals surface area contributed by atoms with Gasteiger partial charge >= 0.3 is 0 Å². The van der Waals surface area contributed by atoms with Crippen molar-refractivity contribution in [1.29, 1.82) is 0 Å². The van der Waals surface area contributed by atoms with Crippen molar-refractivity contribution in [2.45, 2.75) is 43.7 Å². The highest BCUT2D eigenvalue weighted by atomic mass is 32.2. The summed E-state index contributed by atoms with van der Waals surface area (Å²) in [5, 5.41) is 5.19. The fourth-order valence-corrected chi connectivity index (χ4v) is 4.29. The second-order valence-corrected chi connectivity index (χ2v) is 7.55. The first kappa shape index (κ1) is 15.9. The van der Waals surface area contributed by atoms with Crippen molar-refractivity contribution in [3.63, 3.8) is 0 Å². The summed E-state index contributed by atoms with van der Waals surface area (Å²) in [7, 11) is -3.40. The lowest BCUT2D eigenvalue weighted by Crippen LogP contribution is -2.27. The minimum Gasteiger partial charge on any atom is -0.382 e. The molecule has 0 aromatic carbocycles. The van der Waals surface area contributed by atoms with Crippen molar-refractivity contribution < 1.29 is 13.2 Å². The average Bonchev–Trinajstić information content (AvgIpc) is 3.12. The van der Waals surface area contributed by atoms with Crippen LogP contribution in [-0.4, -0.2) is 34.2 Å². The molecule has 0 saturated heterocycles. The quantitative estimate of drug-likeness (QED) is 0.645. The van der Waals surface area contributed by atoms with Gasteiger partial charge in [0, 0.05) is 37.2 Å². The maximum absolute atomic E-state index is 12.2. The molecule has 20 heavy (non-hydrogen) atoms. The number of hydrogen-bond donors (Lipinski definition) is 2. The van der Waals surface area contributed by atoms with Gasteiger partial charge in [0.15, 0.2) is 0 Å². The molecule has 1 aliphatic rings. The summed E-state index contributed by atoms with van der Waals surface area (Å²) < 4.78 is 32.3. The van der Waals surface area contributed by atoms with Crippen LogP contribution < -0.4 is 10.0 Å². The van der Waals surface area contributed by atoms with E-state index >= 15 is 0 Å². The van der Waals surface area contributed by atoms with Crippen LogP contribution in [0.4, 0.5) is 0 Å². The number of ether oxygens (including phenoxy) is 1. The molecule has 1 aromatic rings. The second-order valence-electron chi connectivity index (χ2n) is 4.81. The summed E-state index contributed by atoms with van der Waals surface area (Å²) in [4.78, 5) is 1.29. The minimum atomic E-state index is -3.40. The summed E-state index contributed by atoms with van der Waals surface area (Å²) in [5.41, 5.74) is 0. The molecule has 1 aromatic heterocycles. The molecule has 0 aliphatic heterocycles. The third kappa shape index (κ3) is 4.82. The maximum atomic E-state index is 12.2. The van der Waals surface area contributed by atoms with Crippen LogP contribution in [0, 0.1) is 0 Å². The molecule has 1 aliphatic carbocycles. The Kier molecular flexibility index (Phi) is 5.98. The SMILES string of the molecule is CCOCCCNS(=O)(=O)c1ccsc1CNC1CC1. The third-order valence-corrected chi connectivity index (χ3v) is 5.68. The Morgan fingerprint density at radius 2 is 2.25 bits per heavy atom. The van der Waals surface area contributed by atoms with Crippen LogP contribution in [-0.2, 0) is 21.3 Å². The highest BCUT2D eigenvalue weighted by molar-refractivity contribution is 7.89. The third-order valence-electron chi connectivity index (χ3n) is 3.08. The van der Waals surface area contributed by atoms with E-state index in [0.717, 1.165) is 4.88 Å². The highest BCUT2D eigenvalue weighted by Crippen LogP contribution is 2.24. The predicted octanol–water partition coefficient (Wildman–Crippen LogP) is 1.71. The van der Waals surface area contributed by atoms with Gasteiger partial charge in [-0.3, -0.25) is 0 Å². The predicted molar refractivity (Wildman–Crippen MR) is 80.5 cm³/mol. The van der Waals surface area contributed by atoms with Gasteiger partial charge < -0.3 is 10.1 Å². The number of hydrogen-bond acceptors (Lipinski definition) is 5. The molecule has 2 rings (SSSR count). The molecule has 0 spiro atoms. The molecule has 0 unspecified atom stereocenters. The van der Waals surface area contributed by atoms with E-state index in [1.807, 2.05) is 12.3 Å². The number of nitrogens with one attached hydrogen (secondary N) is 2. The Bertz CT molecular complexity index is 509. The molecule has 0 amide bonds. The van der Waals surface area contributed by atoms with E-state index in [1.165, 1.54) is 24.2 Å². The fourth-order valence-electron chi connectivity index (χ4n) is 1.82. The van der Waals surface area contributed by atoms with E-state index in [9.17, 15) is 8.42 Å². The minimum absolute atomic E-state index is 0.409. The first-order valence-electron chi connectivity index (χ1n) is 7.00. The lowest BCUT2D eigenvalue weighted by molar-refractivity contribution is 0.146. The van der Waals surface area contributed by atoms with Gasteiger partial charge in [-0.25, -0.2) is 13.1 Å². The smallest absolute Gasteiger partial charge is 0.241 e. The van der Waals surface area contributed by atoms with Gasteiger partial charge in [-0.1, -0.05) is 0 Å². The van der Waals surface area contributed by atoms with E-state index in [1.54, 1.807) is 6.07 Å². The Morgan fingerprint density at radius 1 is 1.45 bits per heavy atom. The second kappa shape index (κ2) is 7.51. The summed E-state index contributed by atoms with van der Waals surface area (Å²) in [6, 6.07) is 2.26. The van der Waals surface area contributed by atoms with E-state index in [-0.39, 0.29) is 0 Å². The first-order valence-corrected chi connectivity index (χ1v) is 9.37. The molecule has 114 valence electrons. The molecule has 7 heteroatoms. The van der Waals surface area contributed by atoms with Crippen LogP contribution in [0.25, 0.3) is 0 Å². The summed E-state index contributed by atoms with van der Waals surface area (Å²) >= 11 is 1.49. The normalized spacial score (nSPS) is 15.7. The van der Waals surface area contributed by atoms with Crippen molar-refractivity contribution in [3.05, 3.63) is 16.3 Å². The van der Waals surface area contributed by atoms with Crippen LogP contribution in [0.5, 0.6) is 0 Å². The van der Waals surface area contributed by atoms with Crippen LogP contribution in [0.2, 0.25) is 0 Å². The van der Waals surface area contributed by atoms with E-state index < -0.39 is 10.0 Å². The van der Waals surface area contributed by atoms with E-state index in [4.69, 9.17) is 4.74 Å². The zero-order chi connectivity index (χ0) is 14.4. The van der Waals surface area contributed by atoms with Crippen LogP contribution >= 0.6 is 11.3 Å². The van der Waals surface area contributed by atoms with Crippen LogP contribution in [0.15, 0.2) is 16.3 Å². The van der Waals surface area contributed by atoms with Crippen LogP contribution in [0.3, 0.4) is 0 Å². The Hall–Kier alpha value is -0.470. The molecule has 2 N–H and O–H groups in total. The molecule has 1 heterocycles. The maximum Gasteiger partial charge on any atom is 0.241 e. The Balaban J connectivity index is 1.85. The monoisotopic (exact) mass is 318 g/mol. The molecular weight excluding hydrogens is 296 g/mol. The topological polar surface area (TPSA) is 67.4 Å². The van der Waals surface area contributed by atoms with Crippen molar-refractivity contribution >= 4 is 21.4 Å². The zero-order valence-electron chi connectivity index (χ0n) is 11.7. The molecule has 0 atom stereocenters. The molecular formula is C13H22N2O3S2. The van der Waals surface area contributed by atoms with Gasteiger partial charge in [-0.2, -0.15) is 0 Å². The van der Waals surface area contributed by atoms with Gasteiger partial charge in [-0.05, 0) is 37.6 Å². The summed E-state index contributed by atoms with van der Waals surface area (Å²) in [5.74, 6) is 0. The van der Waals surface area contributed by atoms with Gasteiger partial charge in [-0.15, -0.1) is 11.3 Å². The first-order chi connectivity index (χ1) is 9.63. The van der Waals surface area contributed by atoms with Gasteiger partial charge in [0.25, 0.3) is 0 Å². The van der Waals surface area contributed by atoms with E-state index in [0.29, 0.717) is 43.7 Å². The van der Waals surface area contributed by atoms with Crippen molar-refractivity contribution in [3.8, 4) is 0 Å².